The molecule has 2 amide bonds. The summed E-state index contributed by atoms with van der Waals surface area (Å²) < 4.78 is 6.68. The predicted octanol–water partition coefficient (Wildman–Crippen LogP) is 1.62. The number of methoxy groups -OCH3 is 1. The number of hydrogen-bond acceptors (Lipinski definition) is 4. The van der Waals surface area contributed by atoms with E-state index in [0.29, 0.717) is 5.69 Å². The molecule has 0 saturated heterocycles. The maximum Gasteiger partial charge on any atom is 0.276 e. The lowest BCUT2D eigenvalue weighted by Crippen LogP contribution is -2.24. The SMILES string of the molecule is COc1ccc(CC(=O)Nc2c(C(=O)N(C)C)nn(C)c2C)cc1. The Morgan fingerprint density at radius 3 is 2.42 bits per heavy atom. The van der Waals surface area contributed by atoms with Crippen LogP contribution >= 0.6 is 0 Å². The molecule has 7 heteroatoms. The van der Waals surface area contributed by atoms with Crippen molar-refractivity contribution in [3.8, 4) is 5.75 Å². The summed E-state index contributed by atoms with van der Waals surface area (Å²) in [4.78, 5) is 26.0. The number of ether oxygens (including phenoxy) is 1. The second-order valence-electron chi connectivity index (χ2n) is 5.71. The van der Waals surface area contributed by atoms with Crippen LogP contribution in [0.4, 0.5) is 5.69 Å². The van der Waals surface area contributed by atoms with Gasteiger partial charge >= 0.3 is 0 Å². The van der Waals surface area contributed by atoms with Gasteiger partial charge in [-0.3, -0.25) is 14.3 Å². The Hall–Kier alpha value is -2.83. The minimum Gasteiger partial charge on any atom is -0.497 e. The van der Waals surface area contributed by atoms with E-state index in [2.05, 4.69) is 10.4 Å². The van der Waals surface area contributed by atoms with E-state index >= 15 is 0 Å². The number of carbonyl (C=O) groups excluding carboxylic acids is 2. The van der Waals surface area contributed by atoms with Gasteiger partial charge in [0.25, 0.3) is 5.91 Å². The molecule has 0 fully saturated rings. The molecule has 128 valence electrons. The summed E-state index contributed by atoms with van der Waals surface area (Å²) in [5.74, 6) is 0.281. The smallest absolute Gasteiger partial charge is 0.276 e. The average molecular weight is 330 g/mol. The third-order valence-electron chi connectivity index (χ3n) is 3.73. The topological polar surface area (TPSA) is 76.5 Å². The predicted molar refractivity (Wildman–Crippen MR) is 91.3 cm³/mol. The first-order valence-corrected chi connectivity index (χ1v) is 7.51. The van der Waals surface area contributed by atoms with Gasteiger partial charge in [0.2, 0.25) is 5.91 Å². The first-order chi connectivity index (χ1) is 11.3. The van der Waals surface area contributed by atoms with Crippen LogP contribution in [0.5, 0.6) is 5.75 Å². The van der Waals surface area contributed by atoms with E-state index in [4.69, 9.17) is 4.74 Å². The molecule has 0 aliphatic rings. The normalized spacial score (nSPS) is 10.4. The van der Waals surface area contributed by atoms with Crippen molar-refractivity contribution in [1.82, 2.24) is 14.7 Å². The zero-order chi connectivity index (χ0) is 17.9. The zero-order valence-electron chi connectivity index (χ0n) is 14.6. The molecular formula is C17H22N4O3. The summed E-state index contributed by atoms with van der Waals surface area (Å²) in [6.07, 6.45) is 0.202. The summed E-state index contributed by atoms with van der Waals surface area (Å²) in [7, 11) is 6.63. The first-order valence-electron chi connectivity index (χ1n) is 7.51. The van der Waals surface area contributed by atoms with Crippen LogP contribution in [0.15, 0.2) is 24.3 Å². The highest BCUT2D eigenvalue weighted by Crippen LogP contribution is 2.21. The third-order valence-corrected chi connectivity index (χ3v) is 3.73. The van der Waals surface area contributed by atoms with E-state index in [1.165, 1.54) is 4.90 Å². The molecule has 1 aromatic heterocycles. The fourth-order valence-corrected chi connectivity index (χ4v) is 2.23. The van der Waals surface area contributed by atoms with Crippen LogP contribution < -0.4 is 10.1 Å². The minimum atomic E-state index is -0.251. The fourth-order valence-electron chi connectivity index (χ4n) is 2.23. The summed E-state index contributed by atoms with van der Waals surface area (Å²) in [5, 5.41) is 7.02. The minimum absolute atomic E-state index is 0.202. The number of aromatic nitrogens is 2. The number of hydrogen-bond donors (Lipinski definition) is 1. The molecule has 0 spiro atoms. The monoisotopic (exact) mass is 330 g/mol. The lowest BCUT2D eigenvalue weighted by molar-refractivity contribution is -0.115. The van der Waals surface area contributed by atoms with Crippen molar-refractivity contribution in [2.45, 2.75) is 13.3 Å². The number of carbonyl (C=O) groups is 2. The standard InChI is InChI=1S/C17H22N4O3/c1-11-15(16(19-21(11)4)17(23)20(2)3)18-14(22)10-12-6-8-13(24-5)9-7-12/h6-9H,10H2,1-5H3,(H,18,22). The van der Waals surface area contributed by atoms with Gasteiger partial charge < -0.3 is 15.0 Å². The van der Waals surface area contributed by atoms with E-state index in [-0.39, 0.29) is 23.9 Å². The molecule has 0 radical (unpaired) electrons. The first kappa shape index (κ1) is 17.5. The fraction of sp³-hybridized carbons (Fsp3) is 0.353. The number of amides is 2. The highest BCUT2D eigenvalue weighted by molar-refractivity contribution is 6.03. The molecule has 0 aliphatic heterocycles. The summed E-state index contributed by atoms with van der Waals surface area (Å²) in [5.41, 5.74) is 2.27. The van der Waals surface area contributed by atoms with Crippen LogP contribution in [-0.4, -0.2) is 47.7 Å². The van der Waals surface area contributed by atoms with E-state index in [0.717, 1.165) is 17.0 Å². The number of aryl methyl sites for hydroxylation is 1. The maximum absolute atomic E-state index is 12.3. The molecule has 7 nitrogen and oxygen atoms in total. The number of nitrogens with zero attached hydrogens (tertiary/aromatic N) is 3. The maximum atomic E-state index is 12.3. The summed E-state index contributed by atoms with van der Waals surface area (Å²) >= 11 is 0. The van der Waals surface area contributed by atoms with E-state index < -0.39 is 0 Å². The Bertz CT molecular complexity index is 748. The largest absolute Gasteiger partial charge is 0.497 e. The Morgan fingerprint density at radius 1 is 1.25 bits per heavy atom. The molecular weight excluding hydrogens is 308 g/mol. The Labute approximate surface area is 141 Å². The molecule has 2 aromatic rings. The number of nitrogens with one attached hydrogen (secondary N) is 1. The second-order valence-corrected chi connectivity index (χ2v) is 5.71. The van der Waals surface area contributed by atoms with Gasteiger partial charge in [-0.1, -0.05) is 12.1 Å². The zero-order valence-corrected chi connectivity index (χ0v) is 14.6. The van der Waals surface area contributed by atoms with E-state index in [1.54, 1.807) is 45.1 Å². The van der Waals surface area contributed by atoms with Gasteiger partial charge in [0, 0.05) is 21.1 Å². The van der Waals surface area contributed by atoms with Gasteiger partial charge in [0.15, 0.2) is 5.69 Å². The quantitative estimate of drug-likeness (QED) is 0.904. The van der Waals surface area contributed by atoms with Crippen LogP contribution in [-0.2, 0) is 18.3 Å². The lowest BCUT2D eigenvalue weighted by Gasteiger charge is -2.11. The molecule has 1 aromatic carbocycles. The van der Waals surface area contributed by atoms with Crippen molar-refractivity contribution in [2.24, 2.45) is 7.05 Å². The van der Waals surface area contributed by atoms with Crippen LogP contribution in [0.3, 0.4) is 0 Å². The van der Waals surface area contributed by atoms with Crippen molar-refractivity contribution >= 4 is 17.5 Å². The van der Waals surface area contributed by atoms with Gasteiger partial charge in [-0.05, 0) is 24.6 Å². The highest BCUT2D eigenvalue weighted by atomic mass is 16.5. The third kappa shape index (κ3) is 3.73. The Morgan fingerprint density at radius 2 is 1.88 bits per heavy atom. The highest BCUT2D eigenvalue weighted by Gasteiger charge is 2.22. The molecule has 24 heavy (non-hydrogen) atoms. The number of anilines is 1. The molecule has 1 N–H and O–H groups in total. The molecule has 0 aliphatic carbocycles. The molecule has 0 atom stereocenters. The molecule has 0 unspecified atom stereocenters. The van der Waals surface area contributed by atoms with Gasteiger partial charge in [-0.15, -0.1) is 0 Å². The number of rotatable bonds is 5. The van der Waals surface area contributed by atoms with Crippen molar-refractivity contribution in [1.29, 1.82) is 0 Å². The van der Waals surface area contributed by atoms with Crippen molar-refractivity contribution < 1.29 is 14.3 Å². The molecule has 0 saturated carbocycles. The summed E-state index contributed by atoms with van der Waals surface area (Å²) in [6, 6.07) is 7.28. The van der Waals surface area contributed by atoms with Crippen LogP contribution in [0.25, 0.3) is 0 Å². The molecule has 0 bridgehead atoms. The van der Waals surface area contributed by atoms with Gasteiger partial charge in [-0.25, -0.2) is 0 Å². The molecule has 1 heterocycles. The Balaban J connectivity index is 2.17. The van der Waals surface area contributed by atoms with E-state index in [1.807, 2.05) is 19.1 Å². The van der Waals surface area contributed by atoms with Crippen LogP contribution in [0, 0.1) is 6.92 Å². The second kappa shape index (κ2) is 7.16. The van der Waals surface area contributed by atoms with Crippen molar-refractivity contribution in [3.05, 3.63) is 41.2 Å². The van der Waals surface area contributed by atoms with E-state index in [9.17, 15) is 9.59 Å². The van der Waals surface area contributed by atoms with Gasteiger partial charge in [0.05, 0.1) is 24.9 Å². The van der Waals surface area contributed by atoms with Crippen LogP contribution in [0.1, 0.15) is 21.7 Å². The van der Waals surface area contributed by atoms with Gasteiger partial charge in [0.1, 0.15) is 5.75 Å². The van der Waals surface area contributed by atoms with Gasteiger partial charge in [-0.2, -0.15) is 5.10 Å². The molecule has 2 rings (SSSR count). The van der Waals surface area contributed by atoms with Crippen molar-refractivity contribution in [3.63, 3.8) is 0 Å². The van der Waals surface area contributed by atoms with Crippen LogP contribution in [0.2, 0.25) is 0 Å². The number of benzene rings is 1. The lowest BCUT2D eigenvalue weighted by atomic mass is 10.1. The van der Waals surface area contributed by atoms with Crippen molar-refractivity contribution in [2.75, 3.05) is 26.5 Å². The summed E-state index contributed by atoms with van der Waals surface area (Å²) in [6.45, 7) is 1.81. The average Bonchev–Trinajstić information content (AvgIpc) is 2.83. The Kier molecular flexibility index (Phi) is 5.23.